The van der Waals surface area contributed by atoms with Crippen LogP contribution in [0.5, 0.6) is 0 Å². The summed E-state index contributed by atoms with van der Waals surface area (Å²) in [6.45, 7) is 2.15. The van der Waals surface area contributed by atoms with E-state index in [9.17, 15) is 4.79 Å². The van der Waals surface area contributed by atoms with Crippen LogP contribution < -0.4 is 11.1 Å². The highest BCUT2D eigenvalue weighted by Crippen LogP contribution is 2.31. The number of aromatic amines is 1. The molecule has 4 N–H and O–H groups in total. The van der Waals surface area contributed by atoms with Crippen LogP contribution in [-0.4, -0.2) is 29.2 Å². The van der Waals surface area contributed by atoms with Crippen LogP contribution in [0.25, 0.3) is 22.0 Å². The van der Waals surface area contributed by atoms with E-state index in [-0.39, 0.29) is 0 Å². The molecule has 3 aromatic rings. The first-order chi connectivity index (χ1) is 11.7. The van der Waals surface area contributed by atoms with Gasteiger partial charge in [0, 0.05) is 11.9 Å². The van der Waals surface area contributed by atoms with Gasteiger partial charge in [0.1, 0.15) is 0 Å². The molecule has 24 heavy (non-hydrogen) atoms. The van der Waals surface area contributed by atoms with Gasteiger partial charge in [0.05, 0.1) is 17.3 Å². The number of H-pyrrole nitrogens is 1. The first-order valence-electron chi connectivity index (χ1n) is 8.31. The van der Waals surface area contributed by atoms with Gasteiger partial charge in [-0.25, -0.2) is 0 Å². The molecule has 1 saturated heterocycles. The smallest absolute Gasteiger partial charge is 0.251 e. The quantitative estimate of drug-likeness (QED) is 0.694. The average molecular weight is 320 g/mol. The topological polar surface area (TPSA) is 83.8 Å². The number of hydrogen-bond acceptors (Lipinski definition) is 3. The molecule has 0 spiro atoms. The fourth-order valence-corrected chi connectivity index (χ4v) is 3.58. The van der Waals surface area contributed by atoms with E-state index in [2.05, 4.69) is 39.8 Å². The number of fused-ring (bicyclic) bond motifs is 1. The predicted molar refractivity (Wildman–Crippen MR) is 94.9 cm³/mol. The summed E-state index contributed by atoms with van der Waals surface area (Å²) in [6.07, 6.45) is 4.14. The molecule has 1 amide bonds. The van der Waals surface area contributed by atoms with Crippen molar-refractivity contribution in [3.8, 4) is 11.1 Å². The van der Waals surface area contributed by atoms with Crippen LogP contribution in [0.15, 0.2) is 42.6 Å². The van der Waals surface area contributed by atoms with E-state index in [1.807, 2.05) is 12.1 Å². The molecule has 5 nitrogen and oxygen atoms in total. The molecule has 5 heteroatoms. The number of nitrogens with one attached hydrogen (secondary N) is 2. The molecule has 0 unspecified atom stereocenters. The Kier molecular flexibility index (Phi) is 3.78. The Bertz CT molecular complexity index is 876. The van der Waals surface area contributed by atoms with Crippen LogP contribution >= 0.6 is 0 Å². The van der Waals surface area contributed by atoms with Crippen molar-refractivity contribution in [2.24, 2.45) is 5.73 Å². The van der Waals surface area contributed by atoms with Crippen LogP contribution in [-0.2, 0) is 0 Å². The lowest BCUT2D eigenvalue weighted by molar-refractivity contribution is 0.100. The van der Waals surface area contributed by atoms with Crippen molar-refractivity contribution < 1.29 is 4.79 Å². The molecule has 122 valence electrons. The number of primary amides is 1. The fourth-order valence-electron chi connectivity index (χ4n) is 3.58. The molecule has 1 fully saturated rings. The molecular formula is C19H20N4O. The van der Waals surface area contributed by atoms with Gasteiger partial charge in [-0.15, -0.1) is 0 Å². The highest BCUT2D eigenvalue weighted by atomic mass is 16.1. The van der Waals surface area contributed by atoms with Crippen LogP contribution in [0.1, 0.15) is 34.7 Å². The largest absolute Gasteiger partial charge is 0.366 e. The maximum Gasteiger partial charge on any atom is 0.251 e. The summed E-state index contributed by atoms with van der Waals surface area (Å²) in [5, 5.41) is 11.2. The molecule has 0 aliphatic carbocycles. The number of amides is 1. The van der Waals surface area contributed by atoms with Gasteiger partial charge in [-0.05, 0) is 42.0 Å². The second-order valence-corrected chi connectivity index (χ2v) is 6.35. The number of rotatable bonds is 3. The number of carbonyl (C=O) groups excluding carboxylic acids is 1. The highest BCUT2D eigenvalue weighted by Gasteiger charge is 2.17. The number of piperidine rings is 1. The third-order valence-corrected chi connectivity index (χ3v) is 4.85. The zero-order valence-electron chi connectivity index (χ0n) is 13.4. The summed E-state index contributed by atoms with van der Waals surface area (Å²) >= 11 is 0. The number of nitrogens with two attached hydrogens (primary N) is 1. The van der Waals surface area contributed by atoms with E-state index in [0.717, 1.165) is 29.6 Å². The summed E-state index contributed by atoms with van der Waals surface area (Å²) in [5.74, 6) is 0.124. The Balaban J connectivity index is 1.74. The van der Waals surface area contributed by atoms with Crippen molar-refractivity contribution in [1.29, 1.82) is 0 Å². The minimum atomic E-state index is -0.444. The van der Waals surface area contributed by atoms with E-state index >= 15 is 0 Å². The fraction of sp³-hybridized carbons (Fsp3) is 0.263. The molecule has 2 aromatic carbocycles. The summed E-state index contributed by atoms with van der Waals surface area (Å²) in [5.41, 5.74) is 10.00. The van der Waals surface area contributed by atoms with Gasteiger partial charge in [0.15, 0.2) is 0 Å². The van der Waals surface area contributed by atoms with Gasteiger partial charge >= 0.3 is 0 Å². The summed E-state index contributed by atoms with van der Waals surface area (Å²) < 4.78 is 0. The second-order valence-electron chi connectivity index (χ2n) is 6.35. The maximum absolute atomic E-state index is 12.0. The minimum Gasteiger partial charge on any atom is -0.366 e. The van der Waals surface area contributed by atoms with Gasteiger partial charge in [0.2, 0.25) is 0 Å². The normalized spacial score (nSPS) is 17.9. The summed E-state index contributed by atoms with van der Waals surface area (Å²) in [7, 11) is 0. The standard InChI is InChI=1S/C19H20N4O/c20-19(24)17-16(8-7-15-11-22-23-18(15)17)13-5-3-12(4-6-13)14-2-1-9-21-10-14/h3-8,11,14,21H,1-2,9-10H2,(H2,20,24)(H,22,23)/t14-/m1/s1. The minimum absolute atomic E-state index is 0.444. The maximum atomic E-state index is 12.0. The first kappa shape index (κ1) is 14.9. The Hall–Kier alpha value is -2.66. The number of carbonyl (C=O) groups is 1. The summed E-state index contributed by atoms with van der Waals surface area (Å²) in [4.78, 5) is 12.0. The monoisotopic (exact) mass is 320 g/mol. The molecule has 1 aliphatic heterocycles. The van der Waals surface area contributed by atoms with Crippen LogP contribution in [0.4, 0.5) is 0 Å². The number of benzene rings is 2. The third-order valence-electron chi connectivity index (χ3n) is 4.85. The highest BCUT2D eigenvalue weighted by molar-refractivity contribution is 6.10. The second kappa shape index (κ2) is 6.09. The molecule has 0 bridgehead atoms. The predicted octanol–water partition coefficient (Wildman–Crippen LogP) is 2.80. The lowest BCUT2D eigenvalue weighted by Crippen LogP contribution is -2.28. The van der Waals surface area contributed by atoms with Crippen molar-refractivity contribution in [2.75, 3.05) is 13.1 Å². The Morgan fingerprint density at radius 3 is 2.71 bits per heavy atom. The molecule has 1 atom stereocenters. The molecule has 4 rings (SSSR count). The van der Waals surface area contributed by atoms with E-state index < -0.39 is 5.91 Å². The van der Waals surface area contributed by atoms with E-state index in [4.69, 9.17) is 5.73 Å². The zero-order chi connectivity index (χ0) is 16.5. The van der Waals surface area contributed by atoms with Crippen molar-refractivity contribution in [3.05, 3.63) is 53.7 Å². The van der Waals surface area contributed by atoms with Crippen LogP contribution in [0.3, 0.4) is 0 Å². The van der Waals surface area contributed by atoms with E-state index in [1.54, 1.807) is 6.20 Å². The molecular weight excluding hydrogens is 300 g/mol. The Morgan fingerprint density at radius 2 is 2.00 bits per heavy atom. The van der Waals surface area contributed by atoms with Gasteiger partial charge in [-0.3, -0.25) is 9.89 Å². The number of nitrogens with zero attached hydrogens (tertiary/aromatic N) is 1. The molecule has 1 aliphatic rings. The van der Waals surface area contributed by atoms with E-state index in [0.29, 0.717) is 17.0 Å². The average Bonchev–Trinajstić information content (AvgIpc) is 3.10. The third kappa shape index (κ3) is 2.57. The van der Waals surface area contributed by atoms with Crippen molar-refractivity contribution in [3.63, 3.8) is 0 Å². The molecule has 2 heterocycles. The Morgan fingerprint density at radius 1 is 1.17 bits per heavy atom. The SMILES string of the molecule is NC(=O)c1c(-c2ccc([C@@H]3CCCNC3)cc2)ccc2cn[nH]c12. The van der Waals surface area contributed by atoms with Gasteiger partial charge in [-0.2, -0.15) is 5.10 Å². The molecule has 0 saturated carbocycles. The van der Waals surface area contributed by atoms with Crippen molar-refractivity contribution in [2.45, 2.75) is 18.8 Å². The van der Waals surface area contributed by atoms with E-state index in [1.165, 1.54) is 18.4 Å². The molecule has 0 radical (unpaired) electrons. The van der Waals surface area contributed by atoms with Gasteiger partial charge in [0.25, 0.3) is 5.91 Å². The first-order valence-corrected chi connectivity index (χ1v) is 8.31. The number of hydrogen-bond donors (Lipinski definition) is 3. The molecule has 1 aromatic heterocycles. The number of aromatic nitrogens is 2. The van der Waals surface area contributed by atoms with Crippen molar-refractivity contribution >= 4 is 16.8 Å². The van der Waals surface area contributed by atoms with Crippen LogP contribution in [0.2, 0.25) is 0 Å². The van der Waals surface area contributed by atoms with Crippen LogP contribution in [0, 0.1) is 0 Å². The summed E-state index contributed by atoms with van der Waals surface area (Å²) in [6, 6.07) is 12.4. The lowest BCUT2D eigenvalue weighted by Gasteiger charge is -2.23. The lowest BCUT2D eigenvalue weighted by atomic mass is 9.89. The van der Waals surface area contributed by atoms with Crippen molar-refractivity contribution in [1.82, 2.24) is 15.5 Å². The zero-order valence-corrected chi connectivity index (χ0v) is 13.4. The van der Waals surface area contributed by atoms with Gasteiger partial charge < -0.3 is 11.1 Å². The Labute approximate surface area is 140 Å². The van der Waals surface area contributed by atoms with Gasteiger partial charge in [-0.1, -0.05) is 36.4 Å².